The average molecular weight is 403 g/mol. The average Bonchev–Trinajstić information content (AvgIpc) is 2.56. The molecule has 1 aliphatic rings. The summed E-state index contributed by atoms with van der Waals surface area (Å²) in [6, 6.07) is 17.4. The van der Waals surface area contributed by atoms with Crippen LogP contribution in [0, 0.1) is 3.57 Å². The van der Waals surface area contributed by atoms with Crippen LogP contribution >= 0.6 is 22.6 Å². The smallest absolute Gasteiger partial charge is 0.289 e. The highest BCUT2D eigenvalue weighted by atomic mass is 127. The minimum absolute atomic E-state index is 0.157. The zero-order valence-electron chi connectivity index (χ0n) is 11.8. The fourth-order valence-corrected chi connectivity index (χ4v) is 2.47. The van der Waals surface area contributed by atoms with Gasteiger partial charge in [-0.05, 0) is 58.5 Å². The molecule has 0 atom stereocenters. The van der Waals surface area contributed by atoms with Gasteiger partial charge in [0.2, 0.25) is 0 Å². The summed E-state index contributed by atoms with van der Waals surface area (Å²) in [6.45, 7) is 0.552. The Labute approximate surface area is 142 Å². The third kappa shape index (κ3) is 3.36. The highest BCUT2D eigenvalue weighted by Gasteiger charge is 2.23. The molecule has 0 fully saturated rings. The number of carbonyl (C=O) groups is 1. The second-order valence-corrected chi connectivity index (χ2v) is 6.00. The minimum Gasteiger partial charge on any atom is -0.289 e. The Morgan fingerprint density at radius 3 is 2.50 bits per heavy atom. The van der Waals surface area contributed by atoms with Crippen molar-refractivity contribution in [1.82, 2.24) is 5.01 Å². The van der Waals surface area contributed by atoms with Crippen LogP contribution in [0.25, 0.3) is 0 Å². The molecule has 1 aliphatic heterocycles. The summed E-state index contributed by atoms with van der Waals surface area (Å²) >= 11 is 2.25. The normalized spacial score (nSPS) is 14.9. The SMILES string of the molecule is O=C1N(N=Cc2ccccc2)C=CCN1c1ccc(I)cc1. The number of rotatable bonds is 3. The van der Waals surface area contributed by atoms with Gasteiger partial charge in [0.15, 0.2) is 0 Å². The maximum absolute atomic E-state index is 12.5. The predicted octanol–water partition coefficient (Wildman–Crippen LogP) is 4.08. The zero-order valence-corrected chi connectivity index (χ0v) is 13.9. The Bertz CT molecular complexity index is 710. The van der Waals surface area contributed by atoms with Crippen molar-refractivity contribution in [2.45, 2.75) is 0 Å². The first-order valence-corrected chi connectivity index (χ1v) is 7.94. The van der Waals surface area contributed by atoms with Gasteiger partial charge in [-0.3, -0.25) is 4.90 Å². The molecular weight excluding hydrogens is 389 g/mol. The van der Waals surface area contributed by atoms with Gasteiger partial charge in [-0.2, -0.15) is 10.1 Å². The number of amides is 2. The molecule has 0 spiro atoms. The quantitative estimate of drug-likeness (QED) is 0.562. The molecule has 5 heteroatoms. The van der Waals surface area contributed by atoms with Crippen molar-refractivity contribution in [3.05, 3.63) is 76.0 Å². The van der Waals surface area contributed by atoms with E-state index in [1.54, 1.807) is 17.3 Å². The molecular formula is C17H14IN3O. The van der Waals surface area contributed by atoms with Crippen molar-refractivity contribution >= 4 is 40.5 Å². The lowest BCUT2D eigenvalue weighted by molar-refractivity contribution is 0.222. The topological polar surface area (TPSA) is 35.9 Å². The monoisotopic (exact) mass is 403 g/mol. The van der Waals surface area contributed by atoms with Gasteiger partial charge in [-0.1, -0.05) is 30.3 Å². The van der Waals surface area contributed by atoms with Gasteiger partial charge >= 0.3 is 6.03 Å². The third-order valence-corrected chi connectivity index (χ3v) is 3.95. The highest BCUT2D eigenvalue weighted by molar-refractivity contribution is 14.1. The predicted molar refractivity (Wildman–Crippen MR) is 96.9 cm³/mol. The summed E-state index contributed by atoms with van der Waals surface area (Å²) in [4.78, 5) is 14.2. The van der Waals surface area contributed by atoms with Gasteiger partial charge in [0.05, 0.1) is 6.21 Å². The fourth-order valence-electron chi connectivity index (χ4n) is 2.11. The molecule has 0 N–H and O–H groups in total. The molecule has 110 valence electrons. The van der Waals surface area contributed by atoms with Crippen molar-refractivity contribution in [3.63, 3.8) is 0 Å². The van der Waals surface area contributed by atoms with Crippen LogP contribution in [0.3, 0.4) is 0 Å². The number of hydrogen-bond donors (Lipinski definition) is 0. The van der Waals surface area contributed by atoms with Gasteiger partial charge < -0.3 is 0 Å². The van der Waals surface area contributed by atoms with Crippen molar-refractivity contribution in [3.8, 4) is 0 Å². The van der Waals surface area contributed by atoms with Crippen LogP contribution in [0.5, 0.6) is 0 Å². The van der Waals surface area contributed by atoms with Crippen molar-refractivity contribution < 1.29 is 4.79 Å². The van der Waals surface area contributed by atoms with Gasteiger partial charge in [0.1, 0.15) is 0 Å². The second kappa shape index (κ2) is 6.74. The standard InChI is InChI=1S/C17H14IN3O/c18-15-7-9-16(10-8-15)20-11-4-12-21(17(20)22)19-13-14-5-2-1-3-6-14/h1-10,12-13H,11H2. The van der Waals surface area contributed by atoms with E-state index < -0.39 is 0 Å². The second-order valence-electron chi connectivity index (χ2n) is 4.75. The lowest BCUT2D eigenvalue weighted by Crippen LogP contribution is -2.41. The molecule has 22 heavy (non-hydrogen) atoms. The van der Waals surface area contributed by atoms with Crippen LogP contribution in [0.2, 0.25) is 0 Å². The number of nitrogens with zero attached hydrogens (tertiary/aromatic N) is 3. The van der Waals surface area contributed by atoms with Crippen LogP contribution in [-0.2, 0) is 0 Å². The summed E-state index contributed by atoms with van der Waals surface area (Å²) in [7, 11) is 0. The number of halogens is 1. The van der Waals surface area contributed by atoms with Crippen molar-refractivity contribution in [1.29, 1.82) is 0 Å². The zero-order chi connectivity index (χ0) is 15.4. The Balaban J connectivity index is 1.78. The molecule has 0 unspecified atom stereocenters. The van der Waals surface area contributed by atoms with E-state index in [0.29, 0.717) is 6.54 Å². The maximum Gasteiger partial charge on any atom is 0.349 e. The van der Waals surface area contributed by atoms with Crippen LogP contribution in [-0.4, -0.2) is 23.8 Å². The van der Waals surface area contributed by atoms with E-state index in [2.05, 4.69) is 27.7 Å². The van der Waals surface area contributed by atoms with E-state index in [0.717, 1.165) is 14.8 Å². The molecule has 0 aromatic heterocycles. The molecule has 2 amide bonds. The minimum atomic E-state index is -0.157. The van der Waals surface area contributed by atoms with Gasteiger partial charge in [-0.15, -0.1) is 0 Å². The maximum atomic E-state index is 12.5. The summed E-state index contributed by atoms with van der Waals surface area (Å²) in [5.41, 5.74) is 1.82. The van der Waals surface area contributed by atoms with Gasteiger partial charge in [0.25, 0.3) is 0 Å². The first-order chi connectivity index (χ1) is 10.7. The van der Waals surface area contributed by atoms with E-state index in [-0.39, 0.29) is 6.03 Å². The van der Waals surface area contributed by atoms with Crippen LogP contribution in [0.4, 0.5) is 10.5 Å². The number of benzene rings is 2. The van der Waals surface area contributed by atoms with Crippen LogP contribution in [0.15, 0.2) is 72.0 Å². The number of carbonyl (C=O) groups excluding carboxylic acids is 1. The highest BCUT2D eigenvalue weighted by Crippen LogP contribution is 2.20. The molecule has 1 heterocycles. The number of hydrazone groups is 1. The summed E-state index contributed by atoms with van der Waals surface area (Å²) in [5.74, 6) is 0. The summed E-state index contributed by atoms with van der Waals surface area (Å²) in [5, 5.41) is 5.61. The van der Waals surface area contributed by atoms with E-state index >= 15 is 0 Å². The lowest BCUT2D eigenvalue weighted by atomic mass is 10.2. The van der Waals surface area contributed by atoms with Crippen LogP contribution < -0.4 is 4.90 Å². The Morgan fingerprint density at radius 1 is 1.05 bits per heavy atom. The van der Waals surface area contributed by atoms with E-state index in [1.165, 1.54) is 5.01 Å². The Hall–Kier alpha value is -2.15. The molecule has 4 nitrogen and oxygen atoms in total. The molecule has 2 aromatic rings. The first-order valence-electron chi connectivity index (χ1n) is 6.86. The number of hydrogen-bond acceptors (Lipinski definition) is 2. The van der Waals surface area contributed by atoms with Crippen molar-refractivity contribution in [2.24, 2.45) is 5.10 Å². The number of anilines is 1. The van der Waals surface area contributed by atoms with Gasteiger partial charge in [0, 0.05) is 22.0 Å². The molecule has 0 saturated carbocycles. The van der Waals surface area contributed by atoms with E-state index in [9.17, 15) is 4.79 Å². The first kappa shape index (κ1) is 14.8. The third-order valence-electron chi connectivity index (χ3n) is 3.23. The van der Waals surface area contributed by atoms with E-state index in [1.807, 2.05) is 60.7 Å². The molecule has 3 rings (SSSR count). The Morgan fingerprint density at radius 2 is 1.77 bits per heavy atom. The van der Waals surface area contributed by atoms with Crippen molar-refractivity contribution in [2.75, 3.05) is 11.4 Å². The Kier molecular flexibility index (Phi) is 4.53. The summed E-state index contributed by atoms with van der Waals surface area (Å²) < 4.78 is 1.14. The largest absolute Gasteiger partial charge is 0.349 e. The fraction of sp³-hybridized carbons (Fsp3) is 0.0588. The summed E-state index contributed by atoms with van der Waals surface area (Å²) in [6.07, 6.45) is 5.30. The van der Waals surface area contributed by atoms with Gasteiger partial charge in [-0.25, -0.2) is 4.79 Å². The lowest BCUT2D eigenvalue weighted by Gasteiger charge is -2.28. The molecule has 0 aliphatic carbocycles. The molecule has 0 saturated heterocycles. The van der Waals surface area contributed by atoms with E-state index in [4.69, 9.17) is 0 Å². The molecule has 0 bridgehead atoms. The number of urea groups is 1. The van der Waals surface area contributed by atoms with Crippen LogP contribution in [0.1, 0.15) is 5.56 Å². The molecule has 2 aromatic carbocycles. The molecule has 0 radical (unpaired) electrons.